The van der Waals surface area contributed by atoms with Crippen molar-refractivity contribution in [3.63, 3.8) is 0 Å². The number of nitrogens with zero attached hydrogens (tertiary/aromatic N) is 3. The van der Waals surface area contributed by atoms with Crippen LogP contribution in [0.25, 0.3) is 11.0 Å². The smallest absolute Gasteiger partial charge is 0.319 e. The number of anilines is 2. The molecule has 3 amide bonds. The van der Waals surface area contributed by atoms with Gasteiger partial charge in [0.25, 0.3) is 0 Å². The quantitative estimate of drug-likeness (QED) is 0.211. The number of nitrogens with one attached hydrogen (secondary N) is 5. The van der Waals surface area contributed by atoms with Crippen molar-refractivity contribution < 1.29 is 14.7 Å². The number of carbonyl (C=O) groups is 2. The lowest BCUT2D eigenvalue weighted by Crippen LogP contribution is -2.46. The number of urea groups is 1. The third-order valence-electron chi connectivity index (χ3n) is 6.51. The van der Waals surface area contributed by atoms with E-state index in [0.717, 1.165) is 21.3 Å². The molecule has 1 unspecified atom stereocenters. The number of benzene rings is 1. The highest BCUT2D eigenvalue weighted by Crippen LogP contribution is 2.33. The van der Waals surface area contributed by atoms with E-state index in [1.807, 2.05) is 35.4 Å². The molecule has 0 spiro atoms. The SMILES string of the molecule is CC(C)(C)c1ccc(NC(=O)NCCNC(=O)CNCC2(O)CCN(c3ncnc4[nH]cc(Br)c34)C2)cc1. The Morgan fingerprint density at radius 3 is 2.63 bits per heavy atom. The van der Waals surface area contributed by atoms with Crippen molar-refractivity contribution in [2.24, 2.45) is 0 Å². The zero-order valence-electron chi connectivity index (χ0n) is 21.9. The van der Waals surface area contributed by atoms with Crippen molar-refractivity contribution in [3.05, 3.63) is 46.8 Å². The molecule has 4 rings (SSSR count). The van der Waals surface area contributed by atoms with Gasteiger partial charge in [-0.25, -0.2) is 14.8 Å². The molecule has 0 bridgehead atoms. The molecule has 38 heavy (non-hydrogen) atoms. The molecule has 0 saturated carbocycles. The summed E-state index contributed by atoms with van der Waals surface area (Å²) in [7, 11) is 0. The highest BCUT2D eigenvalue weighted by molar-refractivity contribution is 9.10. The average Bonchev–Trinajstić information content (AvgIpc) is 3.45. The second-order valence-electron chi connectivity index (χ2n) is 10.6. The van der Waals surface area contributed by atoms with Gasteiger partial charge in [-0.15, -0.1) is 0 Å². The number of aromatic nitrogens is 3. The van der Waals surface area contributed by atoms with Gasteiger partial charge in [-0.05, 0) is 45.5 Å². The molecule has 6 N–H and O–H groups in total. The Hall–Kier alpha value is -3.22. The van der Waals surface area contributed by atoms with Crippen molar-refractivity contribution in [3.8, 4) is 0 Å². The van der Waals surface area contributed by atoms with Crippen LogP contribution in [0, 0.1) is 0 Å². The number of hydrogen-bond acceptors (Lipinski definition) is 7. The Labute approximate surface area is 230 Å². The van der Waals surface area contributed by atoms with Crippen molar-refractivity contribution >= 4 is 50.4 Å². The van der Waals surface area contributed by atoms with Crippen molar-refractivity contribution in [2.75, 3.05) is 49.5 Å². The van der Waals surface area contributed by atoms with Gasteiger partial charge in [0.2, 0.25) is 5.91 Å². The summed E-state index contributed by atoms with van der Waals surface area (Å²) < 4.78 is 0.870. The van der Waals surface area contributed by atoms with Gasteiger partial charge in [-0.2, -0.15) is 0 Å². The molecule has 1 saturated heterocycles. The second kappa shape index (κ2) is 11.7. The number of H-pyrrole nitrogens is 1. The predicted molar refractivity (Wildman–Crippen MR) is 151 cm³/mol. The summed E-state index contributed by atoms with van der Waals surface area (Å²) in [5.41, 5.74) is 1.69. The molecule has 204 valence electrons. The molecule has 1 atom stereocenters. The first-order valence-electron chi connectivity index (χ1n) is 12.6. The number of amides is 3. The van der Waals surface area contributed by atoms with E-state index in [1.165, 1.54) is 11.9 Å². The zero-order valence-corrected chi connectivity index (χ0v) is 23.5. The highest BCUT2D eigenvalue weighted by Gasteiger charge is 2.37. The largest absolute Gasteiger partial charge is 0.387 e. The van der Waals surface area contributed by atoms with Crippen LogP contribution < -0.4 is 26.2 Å². The fourth-order valence-corrected chi connectivity index (χ4v) is 4.89. The summed E-state index contributed by atoms with van der Waals surface area (Å²) in [4.78, 5) is 38.1. The molecule has 3 heterocycles. The molecule has 0 radical (unpaired) electrons. The van der Waals surface area contributed by atoms with Gasteiger partial charge < -0.3 is 36.3 Å². The van der Waals surface area contributed by atoms with E-state index in [4.69, 9.17) is 0 Å². The zero-order chi connectivity index (χ0) is 27.3. The Balaban J connectivity index is 1.13. The number of aliphatic hydroxyl groups is 1. The van der Waals surface area contributed by atoms with E-state index in [2.05, 4.69) is 72.9 Å². The van der Waals surface area contributed by atoms with Gasteiger partial charge in [-0.3, -0.25) is 4.79 Å². The summed E-state index contributed by atoms with van der Waals surface area (Å²) in [6.07, 6.45) is 3.87. The predicted octanol–water partition coefficient (Wildman–Crippen LogP) is 2.49. The lowest BCUT2D eigenvalue weighted by Gasteiger charge is -2.24. The van der Waals surface area contributed by atoms with E-state index < -0.39 is 5.60 Å². The number of hydrogen-bond donors (Lipinski definition) is 6. The Bertz CT molecular complexity index is 1270. The van der Waals surface area contributed by atoms with Gasteiger partial charge in [0, 0.05) is 49.1 Å². The monoisotopic (exact) mass is 586 g/mol. The maximum absolute atomic E-state index is 12.2. The summed E-state index contributed by atoms with van der Waals surface area (Å²) in [6.45, 7) is 8.37. The van der Waals surface area contributed by atoms with E-state index in [0.29, 0.717) is 38.3 Å². The topological polar surface area (TPSA) is 147 Å². The Kier molecular flexibility index (Phi) is 8.54. The molecular formula is C26H35BrN8O3. The molecular weight excluding hydrogens is 552 g/mol. The summed E-state index contributed by atoms with van der Waals surface area (Å²) in [5, 5.41) is 23.2. The number of β-amino-alcohol motifs (C(OH)–C–C–N with tert-alkyl or cyclic N) is 1. The minimum absolute atomic E-state index is 0.0496. The van der Waals surface area contributed by atoms with E-state index >= 15 is 0 Å². The van der Waals surface area contributed by atoms with Gasteiger partial charge in [0.1, 0.15) is 17.8 Å². The Morgan fingerprint density at radius 2 is 1.89 bits per heavy atom. The van der Waals surface area contributed by atoms with Crippen molar-refractivity contribution in [1.29, 1.82) is 0 Å². The Morgan fingerprint density at radius 1 is 1.16 bits per heavy atom. The molecule has 12 heteroatoms. The van der Waals surface area contributed by atoms with Crippen molar-refractivity contribution in [1.82, 2.24) is 30.9 Å². The fraction of sp³-hybridized carbons (Fsp3) is 0.462. The number of carbonyl (C=O) groups excluding carboxylic acids is 2. The molecule has 2 aromatic heterocycles. The summed E-state index contributed by atoms with van der Waals surface area (Å²) in [5.74, 6) is 0.549. The van der Waals surface area contributed by atoms with E-state index in [-0.39, 0.29) is 30.4 Å². The van der Waals surface area contributed by atoms with Crippen LogP contribution in [-0.4, -0.2) is 76.9 Å². The van der Waals surface area contributed by atoms with Crippen LogP contribution in [0.2, 0.25) is 0 Å². The van der Waals surface area contributed by atoms with E-state index in [9.17, 15) is 14.7 Å². The molecule has 1 fully saturated rings. The van der Waals surface area contributed by atoms with Crippen LogP contribution in [0.15, 0.2) is 41.3 Å². The first-order valence-corrected chi connectivity index (χ1v) is 13.4. The molecule has 1 aliphatic rings. The molecule has 11 nitrogen and oxygen atoms in total. The fourth-order valence-electron chi connectivity index (χ4n) is 4.41. The minimum atomic E-state index is -0.981. The number of fused-ring (bicyclic) bond motifs is 1. The maximum Gasteiger partial charge on any atom is 0.319 e. The van der Waals surface area contributed by atoms with Gasteiger partial charge in [-0.1, -0.05) is 32.9 Å². The first kappa shape index (κ1) is 27.8. The number of halogens is 1. The highest BCUT2D eigenvalue weighted by atomic mass is 79.9. The number of rotatable bonds is 9. The lowest BCUT2D eigenvalue weighted by molar-refractivity contribution is -0.120. The number of aromatic amines is 1. The average molecular weight is 588 g/mol. The van der Waals surface area contributed by atoms with Crippen LogP contribution in [0.4, 0.5) is 16.3 Å². The third kappa shape index (κ3) is 7.00. The standard InChI is InChI=1S/C26H35BrN8O3/c1-25(2,3)17-4-6-18(7-5-17)34-24(37)30-10-9-29-20(36)13-28-14-26(38)8-11-35(15-26)23-21-19(27)12-31-22(21)32-16-33-23/h4-7,12,16,28,38H,8-11,13-15H2,1-3H3,(H,29,36)(H2,30,34,37)(H,31,32,33). The van der Waals surface area contributed by atoms with Gasteiger partial charge >= 0.3 is 6.03 Å². The van der Waals surface area contributed by atoms with E-state index in [1.54, 1.807) is 0 Å². The van der Waals surface area contributed by atoms with Crippen LogP contribution in [0.1, 0.15) is 32.8 Å². The van der Waals surface area contributed by atoms with Crippen LogP contribution in [0.3, 0.4) is 0 Å². The minimum Gasteiger partial charge on any atom is -0.387 e. The molecule has 0 aliphatic carbocycles. The maximum atomic E-state index is 12.2. The summed E-state index contributed by atoms with van der Waals surface area (Å²) in [6, 6.07) is 7.41. The second-order valence-corrected chi connectivity index (χ2v) is 11.5. The molecule has 1 aliphatic heterocycles. The van der Waals surface area contributed by atoms with Crippen LogP contribution in [-0.2, 0) is 10.2 Å². The van der Waals surface area contributed by atoms with Crippen LogP contribution in [0.5, 0.6) is 0 Å². The third-order valence-corrected chi connectivity index (χ3v) is 7.14. The van der Waals surface area contributed by atoms with Crippen molar-refractivity contribution in [2.45, 2.75) is 38.2 Å². The van der Waals surface area contributed by atoms with Gasteiger partial charge in [0.15, 0.2) is 0 Å². The lowest BCUT2D eigenvalue weighted by atomic mass is 9.87. The molecule has 1 aromatic carbocycles. The first-order chi connectivity index (χ1) is 18.0. The summed E-state index contributed by atoms with van der Waals surface area (Å²) >= 11 is 3.52. The van der Waals surface area contributed by atoms with Gasteiger partial charge in [0.05, 0.1) is 17.5 Å². The van der Waals surface area contributed by atoms with Crippen LogP contribution >= 0.6 is 15.9 Å². The normalized spacial score (nSPS) is 17.6. The molecule has 3 aromatic rings.